The molecule has 3 heterocycles. The first-order valence-corrected chi connectivity index (χ1v) is 11.0. The van der Waals surface area contributed by atoms with Crippen LogP contribution in [0.15, 0.2) is 35.6 Å². The second-order valence-electron chi connectivity index (χ2n) is 8.44. The third-order valence-electron chi connectivity index (χ3n) is 6.36. The predicted molar refractivity (Wildman–Crippen MR) is 124 cm³/mol. The van der Waals surface area contributed by atoms with Gasteiger partial charge in [0.15, 0.2) is 0 Å². The van der Waals surface area contributed by atoms with Gasteiger partial charge < -0.3 is 20.8 Å². The molecule has 1 fully saturated rings. The highest BCUT2D eigenvalue weighted by atomic mass is 16.5. The second kappa shape index (κ2) is 9.97. The minimum Gasteiger partial charge on any atom is -0.457 e. The molecule has 1 amide bonds. The molecule has 5 N–H and O–H groups in total. The first-order valence-electron chi connectivity index (χ1n) is 11.0. The van der Waals surface area contributed by atoms with Crippen molar-refractivity contribution in [1.29, 1.82) is 0 Å². The summed E-state index contributed by atoms with van der Waals surface area (Å²) < 4.78 is 5.15. The van der Waals surface area contributed by atoms with Gasteiger partial charge in [-0.05, 0) is 61.6 Å². The molecular weight excluding hydrogens is 422 g/mol. The van der Waals surface area contributed by atoms with E-state index in [0.717, 1.165) is 43.6 Å². The van der Waals surface area contributed by atoms with E-state index in [1.54, 1.807) is 12.1 Å². The van der Waals surface area contributed by atoms with Crippen molar-refractivity contribution in [1.82, 2.24) is 15.2 Å². The zero-order chi connectivity index (χ0) is 23.4. The highest BCUT2D eigenvalue weighted by Gasteiger charge is 2.25. The maximum atomic E-state index is 12.5. The number of rotatable bonds is 8. The number of aromatic nitrogens is 1. The summed E-state index contributed by atoms with van der Waals surface area (Å²) in [6, 6.07) is 7.23. The van der Waals surface area contributed by atoms with Gasteiger partial charge in [0.2, 0.25) is 0 Å². The third-order valence-corrected chi connectivity index (χ3v) is 6.36. The van der Waals surface area contributed by atoms with Crippen LogP contribution in [0.3, 0.4) is 0 Å². The number of ether oxygens (including phenoxy) is 1. The zero-order valence-corrected chi connectivity index (χ0v) is 18.7. The highest BCUT2D eigenvalue weighted by Crippen LogP contribution is 2.26. The Labute approximate surface area is 192 Å². The van der Waals surface area contributed by atoms with Gasteiger partial charge in [-0.15, -0.1) is 0 Å². The normalized spacial score (nSPS) is 17.9. The topological polar surface area (TPSA) is 139 Å². The van der Waals surface area contributed by atoms with Crippen LogP contribution in [-0.2, 0) is 17.8 Å². The summed E-state index contributed by atoms with van der Waals surface area (Å²) in [5.74, 6) is 11.2. The maximum absolute atomic E-state index is 12.5. The van der Waals surface area contributed by atoms with Crippen LogP contribution >= 0.6 is 0 Å². The number of hydrogen-bond acceptors (Lipinski definition) is 8. The molecule has 4 rings (SSSR count). The first kappa shape index (κ1) is 22.7. The molecule has 1 unspecified atom stereocenters. The van der Waals surface area contributed by atoms with Crippen molar-refractivity contribution in [2.75, 3.05) is 31.2 Å². The van der Waals surface area contributed by atoms with E-state index >= 15 is 0 Å². The Hall–Kier alpha value is -3.50. The minimum absolute atomic E-state index is 0.158. The summed E-state index contributed by atoms with van der Waals surface area (Å²) >= 11 is 0. The molecule has 1 atom stereocenters. The fourth-order valence-electron chi connectivity index (χ4n) is 4.37. The van der Waals surface area contributed by atoms with Crippen LogP contribution in [0.2, 0.25) is 0 Å². The van der Waals surface area contributed by atoms with Gasteiger partial charge in [0.1, 0.15) is 18.8 Å². The van der Waals surface area contributed by atoms with Gasteiger partial charge in [-0.2, -0.15) is 5.10 Å². The molecular formula is C23H29N7O3. The number of esters is 1. The molecule has 0 radical (unpaired) electrons. The molecule has 33 heavy (non-hydrogen) atoms. The number of benzene rings is 1. The fraction of sp³-hybridized carbons (Fsp3) is 0.391. The van der Waals surface area contributed by atoms with E-state index in [0.29, 0.717) is 36.0 Å². The van der Waals surface area contributed by atoms with Crippen LogP contribution in [0.1, 0.15) is 43.8 Å². The lowest BCUT2D eigenvalue weighted by molar-refractivity contribution is 0.0534. The van der Waals surface area contributed by atoms with Gasteiger partial charge >= 0.3 is 5.97 Å². The number of pyridine rings is 1. The summed E-state index contributed by atoms with van der Waals surface area (Å²) in [6.07, 6.45) is 4.68. The summed E-state index contributed by atoms with van der Waals surface area (Å²) in [5, 5.41) is 7.52. The smallest absolute Gasteiger partial charge is 0.338 e. The summed E-state index contributed by atoms with van der Waals surface area (Å²) in [5.41, 5.74) is 4.61. The number of carbonyl (C=O) groups is 2. The van der Waals surface area contributed by atoms with Gasteiger partial charge in [0.05, 0.1) is 11.1 Å². The SMILES string of the molecule is Cc1c(CCN2CCC(CNC(=O)c3ccc(N(N)/C=N\N)nc3)C2)ccc2c1COC2=O. The lowest BCUT2D eigenvalue weighted by Gasteiger charge is -2.18. The Kier molecular flexibility index (Phi) is 6.85. The monoisotopic (exact) mass is 451 g/mol. The average Bonchev–Trinajstić information content (AvgIpc) is 3.44. The molecule has 174 valence electrons. The van der Waals surface area contributed by atoms with E-state index in [2.05, 4.69) is 27.2 Å². The van der Waals surface area contributed by atoms with E-state index in [1.165, 1.54) is 23.1 Å². The number of nitrogens with one attached hydrogen (secondary N) is 1. The molecule has 10 nitrogen and oxygen atoms in total. The molecule has 1 saturated heterocycles. The number of fused-ring (bicyclic) bond motifs is 1. The van der Waals surface area contributed by atoms with Crippen molar-refractivity contribution in [2.45, 2.75) is 26.4 Å². The number of amides is 1. The van der Waals surface area contributed by atoms with Crippen molar-refractivity contribution in [2.24, 2.45) is 22.7 Å². The molecule has 1 aromatic heterocycles. The number of nitrogens with two attached hydrogens (primary N) is 2. The van der Waals surface area contributed by atoms with E-state index < -0.39 is 0 Å². The lowest BCUT2D eigenvalue weighted by Crippen LogP contribution is -2.32. The van der Waals surface area contributed by atoms with Gasteiger partial charge in [-0.25, -0.2) is 20.6 Å². The lowest BCUT2D eigenvalue weighted by atomic mass is 9.97. The summed E-state index contributed by atoms with van der Waals surface area (Å²) in [6.45, 7) is 5.98. The van der Waals surface area contributed by atoms with E-state index in [9.17, 15) is 9.59 Å². The summed E-state index contributed by atoms with van der Waals surface area (Å²) in [7, 11) is 0. The largest absolute Gasteiger partial charge is 0.457 e. The second-order valence-corrected chi connectivity index (χ2v) is 8.44. The molecule has 2 aromatic rings. The molecule has 10 heteroatoms. The van der Waals surface area contributed by atoms with Crippen molar-refractivity contribution >= 4 is 24.0 Å². The van der Waals surface area contributed by atoms with Crippen LogP contribution in [0.25, 0.3) is 0 Å². The number of hydrazone groups is 1. The van der Waals surface area contributed by atoms with Crippen molar-refractivity contribution in [3.63, 3.8) is 0 Å². The number of nitrogens with zero attached hydrogens (tertiary/aromatic N) is 4. The third kappa shape index (κ3) is 5.12. The first-order chi connectivity index (χ1) is 16.0. The maximum Gasteiger partial charge on any atom is 0.338 e. The molecule has 2 aliphatic rings. The zero-order valence-electron chi connectivity index (χ0n) is 18.7. The van der Waals surface area contributed by atoms with Crippen LogP contribution in [0.4, 0.5) is 5.82 Å². The van der Waals surface area contributed by atoms with Crippen LogP contribution in [0, 0.1) is 12.8 Å². The number of hydrogen-bond donors (Lipinski definition) is 3. The predicted octanol–water partition coefficient (Wildman–Crippen LogP) is 0.937. The fourth-order valence-corrected chi connectivity index (χ4v) is 4.37. The van der Waals surface area contributed by atoms with Crippen molar-refractivity contribution < 1.29 is 14.3 Å². The molecule has 0 bridgehead atoms. The van der Waals surface area contributed by atoms with E-state index in [1.807, 2.05) is 12.1 Å². The van der Waals surface area contributed by atoms with Crippen LogP contribution < -0.4 is 22.0 Å². The van der Waals surface area contributed by atoms with Gasteiger partial charge in [0.25, 0.3) is 5.91 Å². The average molecular weight is 452 g/mol. The van der Waals surface area contributed by atoms with Crippen LogP contribution in [0.5, 0.6) is 0 Å². The Morgan fingerprint density at radius 3 is 3.00 bits per heavy atom. The number of cyclic esters (lactones) is 1. The van der Waals surface area contributed by atoms with Gasteiger partial charge in [0, 0.05) is 31.4 Å². The standard InChI is InChI=1S/C23H29N7O3/c1-15-17(2-4-19-20(15)13-33-23(19)32)7-9-29-8-6-16(12-29)10-27-22(31)18-3-5-21(26-11-18)30(25)14-28-24/h2-5,11,14,16H,6-10,12-13,24-25H2,1H3,(H,27,31)/b28-14-. The highest BCUT2D eigenvalue weighted by molar-refractivity contribution is 5.94. The van der Waals surface area contributed by atoms with Crippen molar-refractivity contribution in [3.05, 3.63) is 58.3 Å². The Morgan fingerprint density at radius 1 is 1.39 bits per heavy atom. The van der Waals surface area contributed by atoms with Gasteiger partial charge in [-0.1, -0.05) is 6.07 Å². The molecule has 2 aliphatic heterocycles. The molecule has 0 saturated carbocycles. The number of anilines is 1. The number of hydrazine groups is 1. The Balaban J connectivity index is 1.23. The molecule has 0 aliphatic carbocycles. The number of carbonyl (C=O) groups excluding carboxylic acids is 2. The van der Waals surface area contributed by atoms with Crippen molar-refractivity contribution in [3.8, 4) is 0 Å². The molecule has 0 spiro atoms. The van der Waals surface area contributed by atoms with E-state index in [4.69, 9.17) is 16.4 Å². The van der Waals surface area contributed by atoms with E-state index in [-0.39, 0.29) is 11.9 Å². The van der Waals surface area contributed by atoms with Gasteiger partial charge in [-0.3, -0.25) is 4.79 Å². The quantitative estimate of drug-likeness (QED) is 0.177. The molecule has 1 aromatic carbocycles. The Morgan fingerprint density at radius 2 is 2.24 bits per heavy atom. The summed E-state index contributed by atoms with van der Waals surface area (Å²) in [4.78, 5) is 30.8. The Bertz CT molecular complexity index is 1050. The number of likely N-dealkylation sites (tertiary alicyclic amines) is 1. The van der Waals surface area contributed by atoms with Crippen LogP contribution in [-0.4, -0.2) is 54.3 Å². The minimum atomic E-state index is -0.224.